The molecule has 0 aliphatic heterocycles. The van der Waals surface area contributed by atoms with Gasteiger partial charge in [0.1, 0.15) is 5.69 Å². The Morgan fingerprint density at radius 2 is 2.10 bits per heavy atom. The molecule has 55 valence electrons. The third-order valence-electron chi connectivity index (χ3n) is 1.01. The van der Waals surface area contributed by atoms with Crippen molar-refractivity contribution in [2.24, 2.45) is 0 Å². The first-order valence-electron chi connectivity index (χ1n) is 2.44. The minimum absolute atomic E-state index is 0.542. The van der Waals surface area contributed by atoms with Crippen molar-refractivity contribution in [3.63, 3.8) is 0 Å². The lowest BCUT2D eigenvalue weighted by molar-refractivity contribution is -0.142. The van der Waals surface area contributed by atoms with Gasteiger partial charge in [0.05, 0.1) is 7.05 Å². The molecular weight excluding hydrogens is 145 g/mol. The zero-order chi connectivity index (χ0) is 7.78. The highest BCUT2D eigenvalue weighted by Crippen LogP contribution is 2.27. The molecule has 1 heterocycles. The highest BCUT2D eigenvalue weighted by molar-refractivity contribution is 5.05. The number of halogens is 3. The third kappa shape index (κ3) is 1.12. The van der Waals surface area contributed by atoms with E-state index in [2.05, 4.69) is 12.1 Å². The second-order valence-electron chi connectivity index (χ2n) is 1.71. The van der Waals surface area contributed by atoms with Crippen LogP contribution in [0.25, 0.3) is 0 Å². The molecule has 0 atom stereocenters. The second kappa shape index (κ2) is 2.00. The average Bonchev–Trinajstić information content (AvgIpc) is 2.11. The molecule has 0 aromatic carbocycles. The summed E-state index contributed by atoms with van der Waals surface area (Å²) >= 11 is 0. The van der Waals surface area contributed by atoms with Crippen molar-refractivity contribution in [3.05, 3.63) is 25.0 Å². The smallest absolute Gasteiger partial charge is 0.259 e. The highest BCUT2D eigenvalue weighted by Gasteiger charge is 2.33. The van der Waals surface area contributed by atoms with E-state index in [1.807, 2.05) is 0 Å². The molecule has 0 fully saturated rings. The molecule has 0 N–H and O–H groups in total. The van der Waals surface area contributed by atoms with E-state index in [0.717, 1.165) is 12.3 Å². The summed E-state index contributed by atoms with van der Waals surface area (Å²) in [4.78, 5) is 0. The van der Waals surface area contributed by atoms with Gasteiger partial charge in [0.15, 0.2) is 0 Å². The van der Waals surface area contributed by atoms with Gasteiger partial charge >= 0.3 is 6.18 Å². The zero-order valence-corrected chi connectivity index (χ0v) is 4.89. The fraction of sp³-hybridized carbons (Fsp3) is 0.200. The van der Waals surface area contributed by atoms with E-state index >= 15 is 0 Å². The largest absolute Gasteiger partial charge is 0.433 e. The van der Waals surface area contributed by atoms with Crippen LogP contribution in [0.5, 0.6) is 0 Å². The van der Waals surface area contributed by atoms with Crippen LogP contribution in [0.2, 0.25) is 0 Å². The van der Waals surface area contributed by atoms with Crippen molar-refractivity contribution < 1.29 is 13.2 Å². The van der Waals surface area contributed by atoms with Gasteiger partial charge in [-0.15, -0.1) is 0 Å². The number of hydrogen-bond acceptors (Lipinski definition) is 1. The second-order valence-corrected chi connectivity index (χ2v) is 1.71. The van der Waals surface area contributed by atoms with Gasteiger partial charge in [-0.2, -0.15) is 18.3 Å². The summed E-state index contributed by atoms with van der Waals surface area (Å²) < 4.78 is 35.9. The van der Waals surface area contributed by atoms with E-state index in [-0.39, 0.29) is 0 Å². The predicted octanol–water partition coefficient (Wildman–Crippen LogP) is 1.54. The molecule has 0 aliphatic rings. The van der Waals surface area contributed by atoms with Crippen molar-refractivity contribution in [1.82, 2.24) is 9.78 Å². The molecule has 0 spiro atoms. The number of nitrogens with zero attached hydrogens (tertiary/aromatic N) is 2. The van der Waals surface area contributed by atoms with Crippen LogP contribution in [0.15, 0.2) is 12.3 Å². The van der Waals surface area contributed by atoms with E-state index in [4.69, 9.17) is 0 Å². The fourth-order valence-corrected chi connectivity index (χ4v) is 0.573. The lowest BCUT2D eigenvalue weighted by Gasteiger charge is -2.04. The highest BCUT2D eigenvalue weighted by atomic mass is 19.4. The van der Waals surface area contributed by atoms with Gasteiger partial charge in [0.2, 0.25) is 0 Å². The van der Waals surface area contributed by atoms with Gasteiger partial charge in [-0.1, -0.05) is 0 Å². The topological polar surface area (TPSA) is 17.8 Å². The maximum absolute atomic E-state index is 11.8. The fourth-order valence-electron chi connectivity index (χ4n) is 0.573. The first-order chi connectivity index (χ1) is 4.52. The Bertz CT molecular complexity index is 225. The Morgan fingerprint density at radius 1 is 1.50 bits per heavy atom. The van der Waals surface area contributed by atoms with Gasteiger partial charge in [-0.25, -0.2) is 0 Å². The molecule has 1 rings (SSSR count). The summed E-state index contributed by atoms with van der Waals surface area (Å²) in [5.41, 5.74) is -0.840. The standard InChI is InChI=1S/C5H4F3N2/c1-10-4(2-3-9-10)5(6,7)8/h2-3H,1H2. The summed E-state index contributed by atoms with van der Waals surface area (Å²) in [5, 5.41) is 3.27. The molecule has 0 saturated carbocycles. The van der Waals surface area contributed by atoms with Crippen LogP contribution in [0.4, 0.5) is 13.2 Å². The molecule has 1 aromatic heterocycles. The van der Waals surface area contributed by atoms with E-state index in [0.29, 0.717) is 4.68 Å². The van der Waals surface area contributed by atoms with Crippen LogP contribution in [-0.2, 0) is 6.18 Å². The molecule has 2 nitrogen and oxygen atoms in total. The number of hydrogen-bond donors (Lipinski definition) is 0. The maximum atomic E-state index is 11.8. The SMILES string of the molecule is [CH2]n1nccc1C(F)(F)F. The summed E-state index contributed by atoms with van der Waals surface area (Å²) in [6.45, 7) is 0. The quantitative estimate of drug-likeness (QED) is 0.547. The van der Waals surface area contributed by atoms with E-state index in [9.17, 15) is 13.2 Å². The summed E-state index contributed by atoms with van der Waals surface area (Å²) in [5.74, 6) is 0. The summed E-state index contributed by atoms with van der Waals surface area (Å²) in [6, 6.07) is 0.868. The Kier molecular flexibility index (Phi) is 1.42. The van der Waals surface area contributed by atoms with Gasteiger partial charge in [0, 0.05) is 6.20 Å². The molecule has 0 bridgehead atoms. The van der Waals surface area contributed by atoms with Crippen LogP contribution >= 0.6 is 0 Å². The van der Waals surface area contributed by atoms with Crippen molar-refractivity contribution in [2.75, 3.05) is 0 Å². The predicted molar refractivity (Wildman–Crippen MR) is 28.0 cm³/mol. The van der Waals surface area contributed by atoms with Gasteiger partial charge < -0.3 is 0 Å². The Morgan fingerprint density at radius 3 is 2.30 bits per heavy atom. The molecule has 5 heteroatoms. The van der Waals surface area contributed by atoms with Crippen LogP contribution in [0.3, 0.4) is 0 Å². The number of rotatable bonds is 0. The van der Waals surface area contributed by atoms with Gasteiger partial charge in [0.25, 0.3) is 0 Å². The van der Waals surface area contributed by atoms with Gasteiger partial charge in [-0.3, -0.25) is 4.68 Å². The summed E-state index contributed by atoms with van der Waals surface area (Å²) in [7, 11) is 3.03. The normalized spacial score (nSPS) is 12.0. The Labute approximate surface area is 55.3 Å². The van der Waals surface area contributed by atoms with Crippen molar-refractivity contribution in [1.29, 1.82) is 0 Å². The van der Waals surface area contributed by atoms with Crippen LogP contribution in [0.1, 0.15) is 5.69 Å². The first kappa shape index (κ1) is 7.11. The maximum Gasteiger partial charge on any atom is 0.433 e. The molecule has 1 radical (unpaired) electrons. The molecule has 0 saturated heterocycles. The minimum Gasteiger partial charge on any atom is -0.259 e. The molecular formula is C5H4F3N2. The van der Waals surface area contributed by atoms with E-state index in [1.165, 1.54) is 0 Å². The molecule has 1 aromatic rings. The molecule has 0 unspecified atom stereocenters. The van der Waals surface area contributed by atoms with Crippen molar-refractivity contribution in [2.45, 2.75) is 6.18 Å². The molecule has 10 heavy (non-hydrogen) atoms. The van der Waals surface area contributed by atoms with Crippen LogP contribution < -0.4 is 0 Å². The Hall–Kier alpha value is -1.00. The third-order valence-corrected chi connectivity index (χ3v) is 1.01. The number of aromatic nitrogens is 2. The minimum atomic E-state index is -4.35. The van der Waals surface area contributed by atoms with E-state index in [1.54, 1.807) is 0 Å². The zero-order valence-electron chi connectivity index (χ0n) is 4.89. The molecule has 0 aliphatic carbocycles. The number of alkyl halides is 3. The van der Waals surface area contributed by atoms with E-state index < -0.39 is 11.9 Å². The van der Waals surface area contributed by atoms with Gasteiger partial charge in [-0.05, 0) is 6.07 Å². The first-order valence-corrected chi connectivity index (χ1v) is 2.44. The van der Waals surface area contributed by atoms with Crippen LogP contribution in [-0.4, -0.2) is 9.78 Å². The Balaban J connectivity index is 3.05. The van der Waals surface area contributed by atoms with Crippen molar-refractivity contribution >= 4 is 0 Å². The summed E-state index contributed by atoms with van der Waals surface area (Å²) in [6.07, 6.45) is -3.30. The molecule has 0 amide bonds. The monoisotopic (exact) mass is 149 g/mol. The average molecular weight is 149 g/mol. The lowest BCUT2D eigenvalue weighted by Crippen LogP contribution is -2.10. The van der Waals surface area contributed by atoms with Crippen molar-refractivity contribution in [3.8, 4) is 0 Å². The van der Waals surface area contributed by atoms with Crippen LogP contribution in [0, 0.1) is 7.05 Å². The lowest BCUT2D eigenvalue weighted by atomic mass is 10.4.